The van der Waals surface area contributed by atoms with Gasteiger partial charge in [-0.3, -0.25) is 0 Å². The molecule has 1 fully saturated rings. The second-order valence-corrected chi connectivity index (χ2v) is 4.49. The minimum Gasteiger partial charge on any atom is -0.327 e. The summed E-state index contributed by atoms with van der Waals surface area (Å²) in [6.07, 6.45) is 1.31. The molecule has 0 heterocycles. The van der Waals surface area contributed by atoms with Gasteiger partial charge in [-0.25, -0.2) is 0 Å². The van der Waals surface area contributed by atoms with Crippen LogP contribution in [0.25, 0.3) is 0 Å². The van der Waals surface area contributed by atoms with Gasteiger partial charge in [0.2, 0.25) is 0 Å². The zero-order valence-corrected chi connectivity index (χ0v) is 8.17. The quantitative estimate of drug-likeness (QED) is 0.570. The smallest absolute Gasteiger partial charge is 0.00931 e. The number of rotatable bonds is 0. The summed E-state index contributed by atoms with van der Waals surface area (Å²) in [4.78, 5) is 0. The monoisotopic (exact) mass is 155 g/mol. The van der Waals surface area contributed by atoms with Crippen molar-refractivity contribution in [1.29, 1.82) is 0 Å². The molecule has 66 valence electrons. The predicted octanol–water partition coefficient (Wildman–Crippen LogP) is 2.26. The molecule has 1 saturated carbocycles. The van der Waals surface area contributed by atoms with Gasteiger partial charge in [-0.15, -0.1) is 0 Å². The number of hydrogen-bond donors (Lipinski definition) is 1. The van der Waals surface area contributed by atoms with Crippen LogP contribution in [0.4, 0.5) is 0 Å². The van der Waals surface area contributed by atoms with E-state index < -0.39 is 0 Å². The van der Waals surface area contributed by atoms with E-state index in [0.29, 0.717) is 12.0 Å². The average molecular weight is 155 g/mol. The van der Waals surface area contributed by atoms with Crippen molar-refractivity contribution in [2.75, 3.05) is 0 Å². The molecule has 5 unspecified atom stereocenters. The van der Waals surface area contributed by atoms with Crippen molar-refractivity contribution in [3.8, 4) is 0 Å². The fraction of sp³-hybridized carbons (Fsp3) is 1.00. The van der Waals surface area contributed by atoms with Crippen molar-refractivity contribution in [3.63, 3.8) is 0 Å². The molecular weight excluding hydrogens is 134 g/mol. The van der Waals surface area contributed by atoms with Crippen LogP contribution in [0, 0.1) is 23.7 Å². The Bertz CT molecular complexity index is 119. The highest BCUT2D eigenvalue weighted by atomic mass is 14.7. The Morgan fingerprint density at radius 3 is 2.00 bits per heavy atom. The lowest BCUT2D eigenvalue weighted by Gasteiger charge is -2.40. The Hall–Kier alpha value is -0.0400. The molecule has 1 aliphatic rings. The van der Waals surface area contributed by atoms with Crippen molar-refractivity contribution in [1.82, 2.24) is 0 Å². The second kappa shape index (κ2) is 3.14. The second-order valence-electron chi connectivity index (χ2n) is 4.49. The third-order valence-corrected chi connectivity index (χ3v) is 3.73. The molecule has 1 nitrogen and oxygen atoms in total. The average Bonchev–Trinajstić information content (AvgIpc) is 1.97. The minimum atomic E-state index is 0.432. The highest BCUT2D eigenvalue weighted by molar-refractivity contribution is 4.87. The van der Waals surface area contributed by atoms with E-state index in [1.165, 1.54) is 6.42 Å². The van der Waals surface area contributed by atoms with Crippen LogP contribution in [0.2, 0.25) is 0 Å². The van der Waals surface area contributed by atoms with E-state index in [0.717, 1.165) is 17.8 Å². The molecule has 0 aromatic heterocycles. The molecule has 1 aliphatic carbocycles. The fourth-order valence-electron chi connectivity index (χ4n) is 2.35. The SMILES string of the molecule is CC1CC(C)C(N)C(C)C1C. The van der Waals surface area contributed by atoms with E-state index in [1.54, 1.807) is 0 Å². The van der Waals surface area contributed by atoms with Gasteiger partial charge in [-0.2, -0.15) is 0 Å². The van der Waals surface area contributed by atoms with Crippen molar-refractivity contribution >= 4 is 0 Å². The normalized spacial score (nSPS) is 52.6. The van der Waals surface area contributed by atoms with E-state index in [9.17, 15) is 0 Å². The number of hydrogen-bond acceptors (Lipinski definition) is 1. The third-order valence-electron chi connectivity index (χ3n) is 3.73. The summed E-state index contributed by atoms with van der Waals surface area (Å²) in [7, 11) is 0. The van der Waals surface area contributed by atoms with Crippen LogP contribution >= 0.6 is 0 Å². The Morgan fingerprint density at radius 1 is 0.909 bits per heavy atom. The van der Waals surface area contributed by atoms with Gasteiger partial charge in [0, 0.05) is 6.04 Å². The molecular formula is C10H21N. The standard InChI is InChI=1S/C10H21N/c1-6-5-7(2)10(11)9(4)8(6)3/h6-10H,5,11H2,1-4H3. The molecule has 11 heavy (non-hydrogen) atoms. The molecule has 0 saturated heterocycles. The molecule has 0 amide bonds. The number of nitrogens with two attached hydrogens (primary N) is 1. The van der Waals surface area contributed by atoms with Crippen molar-refractivity contribution in [2.24, 2.45) is 29.4 Å². The Morgan fingerprint density at radius 2 is 1.45 bits per heavy atom. The van der Waals surface area contributed by atoms with Crippen molar-refractivity contribution in [2.45, 2.75) is 40.2 Å². The maximum atomic E-state index is 6.07. The van der Waals surface area contributed by atoms with E-state index in [-0.39, 0.29) is 0 Å². The first-order valence-electron chi connectivity index (χ1n) is 4.79. The first-order chi connectivity index (χ1) is 5.04. The summed E-state index contributed by atoms with van der Waals surface area (Å²) >= 11 is 0. The summed E-state index contributed by atoms with van der Waals surface area (Å²) in [6, 6.07) is 0.432. The molecule has 0 aliphatic heterocycles. The van der Waals surface area contributed by atoms with Gasteiger partial charge < -0.3 is 5.73 Å². The van der Waals surface area contributed by atoms with Crippen molar-refractivity contribution < 1.29 is 0 Å². The Kier molecular flexibility index (Phi) is 2.58. The van der Waals surface area contributed by atoms with Gasteiger partial charge in [0.15, 0.2) is 0 Å². The van der Waals surface area contributed by atoms with Gasteiger partial charge in [-0.1, -0.05) is 27.7 Å². The molecule has 2 N–H and O–H groups in total. The summed E-state index contributed by atoms with van der Waals surface area (Å²) < 4.78 is 0. The lowest BCUT2D eigenvalue weighted by Crippen LogP contribution is -2.44. The molecule has 0 aromatic rings. The molecule has 0 radical (unpaired) electrons. The van der Waals surface area contributed by atoms with Crippen LogP contribution in [-0.2, 0) is 0 Å². The topological polar surface area (TPSA) is 26.0 Å². The van der Waals surface area contributed by atoms with Gasteiger partial charge in [0.1, 0.15) is 0 Å². The predicted molar refractivity (Wildman–Crippen MR) is 49.2 cm³/mol. The van der Waals surface area contributed by atoms with Crippen molar-refractivity contribution in [3.05, 3.63) is 0 Å². The van der Waals surface area contributed by atoms with E-state index in [2.05, 4.69) is 27.7 Å². The third kappa shape index (κ3) is 1.58. The van der Waals surface area contributed by atoms with Crippen LogP contribution in [-0.4, -0.2) is 6.04 Å². The maximum Gasteiger partial charge on any atom is 0.00931 e. The summed E-state index contributed by atoms with van der Waals surface area (Å²) in [5, 5.41) is 0. The van der Waals surface area contributed by atoms with E-state index in [1.807, 2.05) is 0 Å². The lowest BCUT2D eigenvalue weighted by molar-refractivity contribution is 0.122. The highest BCUT2D eigenvalue weighted by Crippen LogP contribution is 2.36. The minimum absolute atomic E-state index is 0.432. The van der Waals surface area contributed by atoms with Gasteiger partial charge >= 0.3 is 0 Å². The molecule has 0 bridgehead atoms. The van der Waals surface area contributed by atoms with Gasteiger partial charge in [0.25, 0.3) is 0 Å². The van der Waals surface area contributed by atoms with Gasteiger partial charge in [0.05, 0.1) is 0 Å². The Balaban J connectivity index is 2.63. The lowest BCUT2D eigenvalue weighted by atomic mass is 9.68. The first kappa shape index (κ1) is 9.05. The fourth-order valence-corrected chi connectivity index (χ4v) is 2.35. The van der Waals surface area contributed by atoms with Crippen LogP contribution in [0.15, 0.2) is 0 Å². The summed E-state index contributed by atoms with van der Waals surface area (Å²) in [5.74, 6) is 3.09. The molecule has 1 rings (SSSR count). The van der Waals surface area contributed by atoms with Crippen LogP contribution in [0.5, 0.6) is 0 Å². The zero-order chi connectivity index (χ0) is 8.59. The molecule has 0 aromatic carbocycles. The van der Waals surface area contributed by atoms with E-state index >= 15 is 0 Å². The van der Waals surface area contributed by atoms with E-state index in [4.69, 9.17) is 5.73 Å². The van der Waals surface area contributed by atoms with Crippen LogP contribution < -0.4 is 5.73 Å². The van der Waals surface area contributed by atoms with Crippen LogP contribution in [0.1, 0.15) is 34.1 Å². The zero-order valence-electron chi connectivity index (χ0n) is 8.17. The maximum absolute atomic E-state index is 6.07. The first-order valence-corrected chi connectivity index (χ1v) is 4.79. The molecule has 0 spiro atoms. The molecule has 5 atom stereocenters. The molecule has 1 heteroatoms. The largest absolute Gasteiger partial charge is 0.327 e. The Labute approximate surface area is 70.4 Å². The van der Waals surface area contributed by atoms with Gasteiger partial charge in [-0.05, 0) is 30.1 Å². The summed E-state index contributed by atoms with van der Waals surface area (Å²) in [5.41, 5.74) is 6.07. The van der Waals surface area contributed by atoms with Crippen LogP contribution in [0.3, 0.4) is 0 Å². The summed E-state index contributed by atoms with van der Waals surface area (Å²) in [6.45, 7) is 9.26. The highest BCUT2D eigenvalue weighted by Gasteiger charge is 2.33.